The van der Waals surface area contributed by atoms with E-state index in [1.54, 1.807) is 13.0 Å². The zero-order valence-electron chi connectivity index (χ0n) is 16.3. The smallest absolute Gasteiger partial charge is 0.282 e. The van der Waals surface area contributed by atoms with Crippen molar-refractivity contribution < 1.29 is 18.4 Å². The fraction of sp³-hybridized carbons (Fsp3) is 0.150. The Morgan fingerprint density at radius 2 is 2.00 bits per heavy atom. The Hall–Kier alpha value is -3.84. The van der Waals surface area contributed by atoms with Crippen molar-refractivity contribution in [1.29, 1.82) is 5.26 Å². The maximum absolute atomic E-state index is 13.3. The highest BCUT2D eigenvalue weighted by molar-refractivity contribution is 6.32. The third kappa shape index (κ3) is 4.36. The molecule has 8 nitrogen and oxygen atoms in total. The van der Waals surface area contributed by atoms with E-state index in [4.69, 9.17) is 16.9 Å². The second-order valence-electron chi connectivity index (χ2n) is 6.34. The summed E-state index contributed by atoms with van der Waals surface area (Å²) in [4.78, 5) is 29.3. The summed E-state index contributed by atoms with van der Waals surface area (Å²) in [6.45, 7) is 1.60. The van der Waals surface area contributed by atoms with Crippen LogP contribution in [0.15, 0.2) is 36.5 Å². The Morgan fingerprint density at radius 1 is 1.26 bits per heavy atom. The summed E-state index contributed by atoms with van der Waals surface area (Å²) in [6.07, 6.45) is -1.56. The normalized spacial score (nSPS) is 10.6. The van der Waals surface area contributed by atoms with E-state index in [-0.39, 0.29) is 33.3 Å². The number of halogens is 3. The van der Waals surface area contributed by atoms with Crippen LogP contribution in [0.25, 0.3) is 5.82 Å². The first-order chi connectivity index (χ1) is 14.8. The van der Waals surface area contributed by atoms with Crippen LogP contribution in [0.3, 0.4) is 0 Å². The molecule has 3 rings (SSSR count). The molecule has 1 aromatic carbocycles. The molecule has 2 amide bonds. The molecule has 0 aliphatic carbocycles. The van der Waals surface area contributed by atoms with Gasteiger partial charge in [-0.05, 0) is 42.8 Å². The number of nitrogens with zero attached hydrogens (tertiary/aromatic N) is 4. The summed E-state index contributed by atoms with van der Waals surface area (Å²) in [5, 5.41) is 18.0. The lowest BCUT2D eigenvalue weighted by Gasteiger charge is -2.14. The number of alkyl halides is 2. The zero-order chi connectivity index (χ0) is 22.7. The van der Waals surface area contributed by atoms with Gasteiger partial charge in [0.25, 0.3) is 18.2 Å². The molecular weight excluding hydrogens is 430 g/mol. The molecule has 11 heteroatoms. The number of pyridine rings is 1. The summed E-state index contributed by atoms with van der Waals surface area (Å²) in [7, 11) is 1.40. The second kappa shape index (κ2) is 8.89. The van der Waals surface area contributed by atoms with Gasteiger partial charge < -0.3 is 10.6 Å². The number of hydrogen-bond donors (Lipinski definition) is 2. The van der Waals surface area contributed by atoms with E-state index in [9.17, 15) is 18.4 Å². The zero-order valence-corrected chi connectivity index (χ0v) is 17.0. The van der Waals surface area contributed by atoms with Crippen LogP contribution in [-0.2, 0) is 0 Å². The van der Waals surface area contributed by atoms with E-state index >= 15 is 0 Å². The van der Waals surface area contributed by atoms with Crippen LogP contribution in [0.1, 0.15) is 44.1 Å². The number of benzene rings is 1. The van der Waals surface area contributed by atoms with Gasteiger partial charge in [-0.2, -0.15) is 10.4 Å². The Labute approximate surface area is 180 Å². The molecular formula is C20H15ClF2N6O2. The van der Waals surface area contributed by atoms with Crippen LogP contribution in [0.4, 0.5) is 14.5 Å². The molecule has 0 saturated heterocycles. The van der Waals surface area contributed by atoms with Crippen molar-refractivity contribution in [1.82, 2.24) is 20.1 Å². The van der Waals surface area contributed by atoms with Crippen LogP contribution in [0.2, 0.25) is 5.02 Å². The number of nitriles is 1. The Balaban J connectivity index is 2.11. The van der Waals surface area contributed by atoms with E-state index in [0.29, 0.717) is 5.56 Å². The summed E-state index contributed by atoms with van der Waals surface area (Å²) < 4.78 is 27.5. The number of hydrogen-bond acceptors (Lipinski definition) is 5. The molecule has 0 atom stereocenters. The predicted octanol–water partition coefficient (Wildman–Crippen LogP) is 3.65. The van der Waals surface area contributed by atoms with Crippen LogP contribution in [0, 0.1) is 18.3 Å². The topological polar surface area (TPSA) is 113 Å². The minimum atomic E-state index is -2.94. The summed E-state index contributed by atoms with van der Waals surface area (Å²) in [6, 6.07) is 8.68. The quantitative estimate of drug-likeness (QED) is 0.623. The van der Waals surface area contributed by atoms with Crippen molar-refractivity contribution in [3.63, 3.8) is 0 Å². The minimum absolute atomic E-state index is 0.00992. The van der Waals surface area contributed by atoms with E-state index in [1.807, 2.05) is 6.07 Å². The number of amides is 2. The van der Waals surface area contributed by atoms with Crippen molar-refractivity contribution in [3.8, 4) is 11.9 Å². The second-order valence-corrected chi connectivity index (χ2v) is 6.74. The molecule has 31 heavy (non-hydrogen) atoms. The number of aromatic nitrogens is 3. The molecule has 0 fully saturated rings. The van der Waals surface area contributed by atoms with Crippen molar-refractivity contribution >= 4 is 29.1 Å². The van der Waals surface area contributed by atoms with Crippen LogP contribution < -0.4 is 10.6 Å². The maximum atomic E-state index is 13.3. The van der Waals surface area contributed by atoms with E-state index in [2.05, 4.69) is 20.7 Å². The largest absolute Gasteiger partial charge is 0.355 e. The highest BCUT2D eigenvalue weighted by Gasteiger charge is 2.25. The van der Waals surface area contributed by atoms with Gasteiger partial charge in [0.15, 0.2) is 5.82 Å². The van der Waals surface area contributed by atoms with Gasteiger partial charge in [0.2, 0.25) is 0 Å². The number of nitrogens with one attached hydrogen (secondary N) is 2. The molecule has 0 saturated carbocycles. The predicted molar refractivity (Wildman–Crippen MR) is 109 cm³/mol. The van der Waals surface area contributed by atoms with E-state index in [0.717, 1.165) is 10.7 Å². The average Bonchev–Trinajstić information content (AvgIpc) is 3.20. The molecule has 0 radical (unpaired) electrons. The Kier molecular flexibility index (Phi) is 6.27. The van der Waals surface area contributed by atoms with Crippen molar-refractivity contribution in [2.24, 2.45) is 0 Å². The van der Waals surface area contributed by atoms with Gasteiger partial charge in [-0.3, -0.25) is 9.59 Å². The first-order valence-corrected chi connectivity index (χ1v) is 9.21. The standard InChI is InChI=1S/C20H15ClF2N6O2/c1-10-6-11(9-24)7-12(19(30)25-2)16(10)27-20(31)15-8-14(17(22)23)28-29(15)18-13(21)4-3-5-26-18/h3-8,17H,1-2H3,(H,25,30)(H,27,31). The molecule has 2 aromatic heterocycles. The summed E-state index contributed by atoms with van der Waals surface area (Å²) >= 11 is 6.10. The Morgan fingerprint density at radius 3 is 2.61 bits per heavy atom. The number of anilines is 1. The van der Waals surface area contributed by atoms with Crippen molar-refractivity contribution in [3.05, 3.63) is 69.6 Å². The molecule has 0 bridgehead atoms. The fourth-order valence-corrected chi connectivity index (χ4v) is 3.07. The maximum Gasteiger partial charge on any atom is 0.282 e. The van der Waals surface area contributed by atoms with E-state index in [1.165, 1.54) is 31.4 Å². The van der Waals surface area contributed by atoms with Gasteiger partial charge >= 0.3 is 0 Å². The van der Waals surface area contributed by atoms with E-state index < -0.39 is 23.9 Å². The number of aryl methyl sites for hydroxylation is 1. The third-order valence-electron chi connectivity index (χ3n) is 4.30. The van der Waals surface area contributed by atoms with Gasteiger partial charge in [0, 0.05) is 13.2 Å². The lowest BCUT2D eigenvalue weighted by Crippen LogP contribution is -2.24. The van der Waals surface area contributed by atoms with Crippen LogP contribution >= 0.6 is 11.6 Å². The Bertz CT molecular complexity index is 1220. The monoisotopic (exact) mass is 444 g/mol. The highest BCUT2D eigenvalue weighted by atomic mass is 35.5. The van der Waals surface area contributed by atoms with Gasteiger partial charge in [0.1, 0.15) is 11.4 Å². The van der Waals surface area contributed by atoms with Crippen LogP contribution in [-0.4, -0.2) is 33.6 Å². The van der Waals surface area contributed by atoms with Gasteiger partial charge in [-0.15, -0.1) is 0 Å². The van der Waals surface area contributed by atoms with Gasteiger partial charge in [-0.25, -0.2) is 18.4 Å². The average molecular weight is 445 g/mol. The molecule has 2 N–H and O–H groups in total. The lowest BCUT2D eigenvalue weighted by atomic mass is 10.0. The van der Waals surface area contributed by atoms with Crippen LogP contribution in [0.5, 0.6) is 0 Å². The summed E-state index contributed by atoms with van der Waals surface area (Å²) in [5.74, 6) is -1.37. The highest BCUT2D eigenvalue weighted by Crippen LogP contribution is 2.27. The third-order valence-corrected chi connectivity index (χ3v) is 4.59. The molecule has 0 aliphatic rings. The first kappa shape index (κ1) is 21.9. The summed E-state index contributed by atoms with van der Waals surface area (Å²) in [5.41, 5.74) is -0.0795. The molecule has 3 aromatic rings. The number of carbonyl (C=O) groups excluding carboxylic acids is 2. The van der Waals surface area contributed by atoms with Crippen molar-refractivity contribution in [2.75, 3.05) is 12.4 Å². The molecule has 2 heterocycles. The lowest BCUT2D eigenvalue weighted by molar-refractivity contribution is 0.0963. The minimum Gasteiger partial charge on any atom is -0.355 e. The van der Waals surface area contributed by atoms with Gasteiger partial charge in [-0.1, -0.05) is 11.6 Å². The molecule has 0 aliphatic heterocycles. The number of rotatable bonds is 5. The molecule has 158 valence electrons. The fourth-order valence-electron chi connectivity index (χ4n) is 2.87. The molecule has 0 spiro atoms. The van der Waals surface area contributed by atoms with Gasteiger partial charge in [0.05, 0.1) is 27.9 Å². The number of carbonyl (C=O) groups is 2. The molecule has 0 unspecified atom stereocenters. The van der Waals surface area contributed by atoms with Crippen molar-refractivity contribution in [2.45, 2.75) is 13.3 Å². The first-order valence-electron chi connectivity index (χ1n) is 8.84. The SMILES string of the molecule is CNC(=O)c1cc(C#N)cc(C)c1NC(=O)c1cc(C(F)F)nn1-c1ncccc1Cl.